The van der Waals surface area contributed by atoms with Crippen molar-refractivity contribution in [2.45, 2.75) is 19.4 Å². The van der Waals surface area contributed by atoms with Crippen LogP contribution in [0.15, 0.2) is 66.7 Å². The van der Waals surface area contributed by atoms with Crippen molar-refractivity contribution in [3.8, 4) is 23.2 Å². The monoisotopic (exact) mass is 449 g/mol. The summed E-state index contributed by atoms with van der Waals surface area (Å²) in [6.07, 6.45) is 0.771. The number of hydrogen-bond acceptors (Lipinski definition) is 6. The molecule has 1 aliphatic heterocycles. The quantitative estimate of drug-likeness (QED) is 0.484. The summed E-state index contributed by atoms with van der Waals surface area (Å²) >= 11 is 0. The normalized spacial score (nSPS) is 15.3. The number of carbonyl (C=O) groups excluding carboxylic acids is 1. The molecule has 2 N–H and O–H groups in total. The minimum absolute atomic E-state index is 0.0534. The predicted octanol–water partition coefficient (Wildman–Crippen LogP) is 4.19. The molecule has 0 spiro atoms. The lowest BCUT2D eigenvalue weighted by atomic mass is 10.1. The molecule has 0 saturated carbocycles. The minimum atomic E-state index is -0.193. The molecule has 2 heterocycles. The van der Waals surface area contributed by atoms with Crippen LogP contribution in [0, 0.1) is 18.3 Å². The number of nitriles is 1. The molecule has 1 aliphatic rings. The fourth-order valence-corrected chi connectivity index (χ4v) is 4.32. The van der Waals surface area contributed by atoms with Crippen molar-refractivity contribution in [2.75, 3.05) is 18.0 Å². The highest BCUT2D eigenvalue weighted by Crippen LogP contribution is 2.33. The smallest absolute Gasteiger partial charge is 0.251 e. The zero-order valence-electron chi connectivity index (χ0n) is 18.7. The molecule has 7 nitrogen and oxygen atoms in total. The first kappa shape index (κ1) is 21.4. The number of para-hydroxylation sites is 1. The average molecular weight is 450 g/mol. The van der Waals surface area contributed by atoms with Crippen LogP contribution in [0.3, 0.4) is 0 Å². The van der Waals surface area contributed by atoms with Gasteiger partial charge in [0, 0.05) is 30.1 Å². The van der Waals surface area contributed by atoms with E-state index in [0.717, 1.165) is 35.2 Å². The van der Waals surface area contributed by atoms with Gasteiger partial charge in [0.15, 0.2) is 5.82 Å². The number of phenolic OH excluding ortho intramolecular Hbond substituents is 1. The molecule has 1 amide bonds. The molecule has 0 radical (unpaired) electrons. The van der Waals surface area contributed by atoms with Gasteiger partial charge < -0.3 is 15.3 Å². The van der Waals surface area contributed by atoms with Gasteiger partial charge in [0.2, 0.25) is 0 Å². The van der Waals surface area contributed by atoms with E-state index in [9.17, 15) is 9.90 Å². The summed E-state index contributed by atoms with van der Waals surface area (Å²) in [5.41, 5.74) is 3.41. The number of amides is 1. The lowest BCUT2D eigenvalue weighted by Gasteiger charge is -2.21. The maximum atomic E-state index is 12.7. The molecule has 5 rings (SSSR count). The lowest BCUT2D eigenvalue weighted by molar-refractivity contribution is 0.0940. The SMILES string of the molecule is Cc1ccc2c(N3CCC(NC(=O)c4cccc(C#N)c4)C3)nc(-c3ccccc3O)nc2c1. The lowest BCUT2D eigenvalue weighted by Crippen LogP contribution is -2.37. The zero-order valence-corrected chi connectivity index (χ0v) is 18.7. The molecular weight excluding hydrogens is 426 g/mol. The maximum Gasteiger partial charge on any atom is 0.251 e. The first-order chi connectivity index (χ1) is 16.5. The second kappa shape index (κ2) is 8.83. The second-order valence-corrected chi connectivity index (χ2v) is 8.51. The van der Waals surface area contributed by atoms with Crippen molar-refractivity contribution in [3.63, 3.8) is 0 Å². The second-order valence-electron chi connectivity index (χ2n) is 8.51. The third kappa shape index (κ3) is 4.14. The number of nitrogens with one attached hydrogen (secondary N) is 1. The molecule has 0 bridgehead atoms. The van der Waals surface area contributed by atoms with Gasteiger partial charge in [-0.25, -0.2) is 9.97 Å². The Morgan fingerprint density at radius 1 is 1.12 bits per heavy atom. The number of carbonyl (C=O) groups is 1. The van der Waals surface area contributed by atoms with Gasteiger partial charge in [-0.1, -0.05) is 24.3 Å². The Bertz CT molecular complexity index is 1440. The maximum absolute atomic E-state index is 12.7. The van der Waals surface area contributed by atoms with Crippen molar-refractivity contribution < 1.29 is 9.90 Å². The van der Waals surface area contributed by atoms with Gasteiger partial charge in [-0.05, 0) is 61.4 Å². The number of aromatic hydroxyl groups is 1. The highest BCUT2D eigenvalue weighted by molar-refractivity contribution is 5.95. The van der Waals surface area contributed by atoms with E-state index in [2.05, 4.69) is 16.3 Å². The number of phenols is 1. The first-order valence-electron chi connectivity index (χ1n) is 11.1. The molecule has 1 unspecified atom stereocenters. The summed E-state index contributed by atoms with van der Waals surface area (Å²) in [5, 5.41) is 23.5. The van der Waals surface area contributed by atoms with Crippen LogP contribution in [0.2, 0.25) is 0 Å². The Labute approximate surface area is 197 Å². The summed E-state index contributed by atoms with van der Waals surface area (Å²) in [4.78, 5) is 24.5. The van der Waals surface area contributed by atoms with E-state index in [1.54, 1.807) is 42.5 Å². The van der Waals surface area contributed by atoms with Crippen LogP contribution < -0.4 is 10.2 Å². The van der Waals surface area contributed by atoms with Crippen molar-refractivity contribution in [1.29, 1.82) is 5.26 Å². The van der Waals surface area contributed by atoms with Gasteiger partial charge in [0.25, 0.3) is 5.91 Å². The molecule has 7 heteroatoms. The zero-order chi connectivity index (χ0) is 23.7. The third-order valence-electron chi connectivity index (χ3n) is 6.05. The number of benzene rings is 3. The van der Waals surface area contributed by atoms with Gasteiger partial charge in [-0.15, -0.1) is 0 Å². The van der Waals surface area contributed by atoms with Crippen LogP contribution >= 0.6 is 0 Å². The largest absolute Gasteiger partial charge is 0.507 e. The van der Waals surface area contributed by atoms with E-state index in [0.29, 0.717) is 29.1 Å². The minimum Gasteiger partial charge on any atom is -0.507 e. The number of aryl methyl sites for hydroxylation is 1. The number of nitrogens with zero attached hydrogens (tertiary/aromatic N) is 4. The summed E-state index contributed by atoms with van der Waals surface area (Å²) in [7, 11) is 0. The van der Waals surface area contributed by atoms with Gasteiger partial charge in [-0.3, -0.25) is 4.79 Å². The Hall–Kier alpha value is -4.44. The van der Waals surface area contributed by atoms with Crippen LogP contribution in [-0.2, 0) is 0 Å². The van der Waals surface area contributed by atoms with Crippen LogP contribution in [0.5, 0.6) is 5.75 Å². The van der Waals surface area contributed by atoms with E-state index >= 15 is 0 Å². The van der Waals surface area contributed by atoms with Gasteiger partial charge in [0.1, 0.15) is 11.6 Å². The summed E-state index contributed by atoms with van der Waals surface area (Å²) in [5.74, 6) is 1.19. The molecule has 3 aromatic carbocycles. The molecule has 1 fully saturated rings. The fraction of sp³-hybridized carbons (Fsp3) is 0.185. The highest BCUT2D eigenvalue weighted by Gasteiger charge is 2.27. The van der Waals surface area contributed by atoms with Gasteiger partial charge in [-0.2, -0.15) is 5.26 Å². The van der Waals surface area contributed by atoms with Crippen molar-refractivity contribution >= 4 is 22.6 Å². The van der Waals surface area contributed by atoms with Crippen LogP contribution in [-0.4, -0.2) is 40.1 Å². The van der Waals surface area contributed by atoms with Crippen LogP contribution in [0.1, 0.15) is 27.9 Å². The van der Waals surface area contributed by atoms with Crippen molar-refractivity contribution in [1.82, 2.24) is 15.3 Å². The molecule has 1 atom stereocenters. The topological polar surface area (TPSA) is 102 Å². The van der Waals surface area contributed by atoms with Crippen LogP contribution in [0.4, 0.5) is 5.82 Å². The summed E-state index contributed by atoms with van der Waals surface area (Å²) in [6, 6.07) is 21.8. The Morgan fingerprint density at radius 3 is 2.79 bits per heavy atom. The molecule has 4 aromatic rings. The van der Waals surface area contributed by atoms with E-state index in [4.69, 9.17) is 15.2 Å². The molecule has 1 aromatic heterocycles. The van der Waals surface area contributed by atoms with Crippen molar-refractivity contribution in [3.05, 3.63) is 83.4 Å². The van der Waals surface area contributed by atoms with E-state index in [1.807, 2.05) is 31.2 Å². The standard InChI is InChI=1S/C27H23N5O2/c1-17-9-10-21-23(13-17)30-25(22-7-2-3-8-24(22)33)31-26(21)32-12-11-20(16-32)29-27(34)19-6-4-5-18(14-19)15-28/h2-10,13-14,20,33H,11-12,16H2,1H3,(H,29,34). The van der Waals surface area contributed by atoms with E-state index in [1.165, 1.54) is 0 Å². The molecule has 34 heavy (non-hydrogen) atoms. The molecular formula is C27H23N5O2. The highest BCUT2D eigenvalue weighted by atomic mass is 16.3. The Morgan fingerprint density at radius 2 is 1.97 bits per heavy atom. The summed E-state index contributed by atoms with van der Waals surface area (Å²) in [6.45, 7) is 3.34. The Kier molecular flexibility index (Phi) is 5.56. The van der Waals surface area contributed by atoms with Crippen molar-refractivity contribution in [2.24, 2.45) is 0 Å². The molecule has 168 valence electrons. The summed E-state index contributed by atoms with van der Waals surface area (Å²) < 4.78 is 0. The number of hydrogen-bond donors (Lipinski definition) is 2. The van der Waals surface area contributed by atoms with Gasteiger partial charge >= 0.3 is 0 Å². The predicted molar refractivity (Wildman–Crippen MR) is 131 cm³/mol. The van der Waals surface area contributed by atoms with Crippen LogP contribution in [0.25, 0.3) is 22.3 Å². The first-order valence-corrected chi connectivity index (χ1v) is 11.1. The number of rotatable bonds is 4. The van der Waals surface area contributed by atoms with Gasteiger partial charge in [0.05, 0.1) is 22.7 Å². The average Bonchev–Trinajstić information content (AvgIpc) is 3.31. The number of aromatic nitrogens is 2. The fourth-order valence-electron chi connectivity index (χ4n) is 4.32. The molecule has 0 aliphatic carbocycles. The number of anilines is 1. The van der Waals surface area contributed by atoms with E-state index in [-0.39, 0.29) is 17.7 Å². The van der Waals surface area contributed by atoms with E-state index < -0.39 is 0 Å². The number of fused-ring (bicyclic) bond motifs is 1. The Balaban J connectivity index is 1.44. The third-order valence-corrected chi connectivity index (χ3v) is 6.05. The molecule has 1 saturated heterocycles.